The number of hydrogen-bond donors (Lipinski definition) is 1. The Bertz CT molecular complexity index is 504. The highest BCUT2D eigenvalue weighted by molar-refractivity contribution is 7.09. The molecule has 2 N–H and O–H groups in total. The van der Waals surface area contributed by atoms with E-state index in [4.69, 9.17) is 15.0 Å². The van der Waals surface area contributed by atoms with Gasteiger partial charge in [0.2, 0.25) is 5.82 Å². The highest BCUT2D eigenvalue weighted by Gasteiger charge is 2.24. The third-order valence-electron chi connectivity index (χ3n) is 2.60. The van der Waals surface area contributed by atoms with E-state index in [1.54, 1.807) is 0 Å². The van der Waals surface area contributed by atoms with E-state index in [2.05, 4.69) is 15.1 Å². The first kappa shape index (κ1) is 10.8. The van der Waals surface area contributed by atoms with Crippen LogP contribution in [0.25, 0.3) is 11.6 Å². The predicted molar refractivity (Wildman–Crippen MR) is 61.2 cm³/mol. The maximum Gasteiger partial charge on any atom is 0.277 e. The Balaban J connectivity index is 1.83. The van der Waals surface area contributed by atoms with Crippen LogP contribution < -0.4 is 5.73 Å². The van der Waals surface area contributed by atoms with Crippen molar-refractivity contribution >= 4 is 11.3 Å². The molecule has 3 heterocycles. The Kier molecular flexibility index (Phi) is 2.87. The molecule has 1 saturated heterocycles. The van der Waals surface area contributed by atoms with Crippen LogP contribution in [0.15, 0.2) is 9.90 Å². The fourth-order valence-electron chi connectivity index (χ4n) is 1.75. The predicted octanol–water partition coefficient (Wildman–Crippen LogP) is 1.50. The van der Waals surface area contributed by atoms with Crippen LogP contribution in [0.1, 0.15) is 29.8 Å². The van der Waals surface area contributed by atoms with Gasteiger partial charge < -0.3 is 15.0 Å². The fourth-order valence-corrected chi connectivity index (χ4v) is 2.40. The summed E-state index contributed by atoms with van der Waals surface area (Å²) in [6.07, 6.45) is 1.97. The third kappa shape index (κ3) is 2.08. The fraction of sp³-hybridized carbons (Fsp3) is 0.500. The second kappa shape index (κ2) is 4.52. The molecule has 3 rings (SSSR count). The number of aromatic nitrogens is 3. The summed E-state index contributed by atoms with van der Waals surface area (Å²) in [5.41, 5.74) is 6.19. The molecule has 0 amide bonds. The second-order valence-electron chi connectivity index (χ2n) is 3.79. The van der Waals surface area contributed by atoms with Gasteiger partial charge in [0.05, 0.1) is 0 Å². The van der Waals surface area contributed by atoms with Crippen molar-refractivity contribution in [1.82, 2.24) is 15.1 Å². The van der Waals surface area contributed by atoms with Crippen molar-refractivity contribution in [2.45, 2.75) is 25.5 Å². The van der Waals surface area contributed by atoms with Gasteiger partial charge in [-0.15, -0.1) is 11.3 Å². The van der Waals surface area contributed by atoms with Crippen molar-refractivity contribution in [2.24, 2.45) is 5.73 Å². The molecular formula is C10H12N4O2S. The Hall–Kier alpha value is -1.31. The van der Waals surface area contributed by atoms with E-state index < -0.39 is 0 Å². The lowest BCUT2D eigenvalue weighted by atomic mass is 10.2. The zero-order chi connectivity index (χ0) is 11.7. The number of ether oxygens (including phenoxy) is 1. The summed E-state index contributed by atoms with van der Waals surface area (Å²) in [5, 5.41) is 6.66. The van der Waals surface area contributed by atoms with Gasteiger partial charge in [0.15, 0.2) is 0 Å². The summed E-state index contributed by atoms with van der Waals surface area (Å²) in [6, 6.07) is 0. The van der Waals surface area contributed by atoms with Gasteiger partial charge in [-0.1, -0.05) is 5.16 Å². The standard InChI is InChI=1S/C10H12N4O2S/c11-4-8-12-6(5-17-8)10-13-9(14-16-10)7-2-1-3-15-7/h5,7H,1-4,11H2. The van der Waals surface area contributed by atoms with Crippen molar-refractivity contribution in [2.75, 3.05) is 6.61 Å². The number of hydrogen-bond acceptors (Lipinski definition) is 7. The molecule has 0 spiro atoms. The van der Waals surface area contributed by atoms with E-state index in [1.807, 2.05) is 5.38 Å². The Morgan fingerprint density at radius 2 is 2.41 bits per heavy atom. The van der Waals surface area contributed by atoms with Gasteiger partial charge in [-0.05, 0) is 12.8 Å². The molecule has 6 nitrogen and oxygen atoms in total. The molecule has 2 aromatic heterocycles. The molecule has 1 aliphatic rings. The maximum absolute atomic E-state index is 5.51. The van der Waals surface area contributed by atoms with Crippen LogP contribution in [0.3, 0.4) is 0 Å². The van der Waals surface area contributed by atoms with Gasteiger partial charge in [-0.25, -0.2) is 4.98 Å². The van der Waals surface area contributed by atoms with Crippen LogP contribution in [-0.4, -0.2) is 21.7 Å². The molecule has 1 fully saturated rings. The van der Waals surface area contributed by atoms with Crippen LogP contribution in [0.5, 0.6) is 0 Å². The summed E-state index contributed by atoms with van der Waals surface area (Å²) < 4.78 is 10.7. The lowest BCUT2D eigenvalue weighted by molar-refractivity contribution is 0.103. The summed E-state index contributed by atoms with van der Waals surface area (Å²) in [4.78, 5) is 8.61. The van der Waals surface area contributed by atoms with E-state index in [0.717, 1.165) is 24.5 Å². The molecular weight excluding hydrogens is 240 g/mol. The average Bonchev–Trinajstić information content (AvgIpc) is 3.09. The van der Waals surface area contributed by atoms with E-state index in [-0.39, 0.29) is 6.10 Å². The van der Waals surface area contributed by atoms with Gasteiger partial charge in [0.25, 0.3) is 5.89 Å². The molecule has 2 aromatic rings. The Morgan fingerprint density at radius 1 is 1.47 bits per heavy atom. The molecule has 0 radical (unpaired) electrons. The Labute approximate surface area is 102 Å². The first-order valence-electron chi connectivity index (χ1n) is 5.47. The maximum atomic E-state index is 5.51. The highest BCUT2D eigenvalue weighted by Crippen LogP contribution is 2.28. The molecule has 1 aliphatic heterocycles. The van der Waals surface area contributed by atoms with Gasteiger partial charge in [0.1, 0.15) is 16.8 Å². The van der Waals surface area contributed by atoms with Gasteiger partial charge in [-0.2, -0.15) is 4.98 Å². The highest BCUT2D eigenvalue weighted by atomic mass is 32.1. The molecule has 7 heteroatoms. The van der Waals surface area contributed by atoms with E-state index in [1.165, 1.54) is 11.3 Å². The molecule has 0 saturated carbocycles. The molecule has 17 heavy (non-hydrogen) atoms. The number of nitrogens with zero attached hydrogens (tertiary/aromatic N) is 3. The van der Waals surface area contributed by atoms with E-state index in [0.29, 0.717) is 24.0 Å². The van der Waals surface area contributed by atoms with E-state index >= 15 is 0 Å². The van der Waals surface area contributed by atoms with Crippen molar-refractivity contribution in [1.29, 1.82) is 0 Å². The zero-order valence-electron chi connectivity index (χ0n) is 9.13. The van der Waals surface area contributed by atoms with Gasteiger partial charge >= 0.3 is 0 Å². The Morgan fingerprint density at radius 3 is 3.12 bits per heavy atom. The topological polar surface area (TPSA) is 87.1 Å². The molecule has 1 unspecified atom stereocenters. The largest absolute Gasteiger partial charge is 0.370 e. The second-order valence-corrected chi connectivity index (χ2v) is 4.73. The summed E-state index contributed by atoms with van der Waals surface area (Å²) >= 11 is 1.49. The summed E-state index contributed by atoms with van der Waals surface area (Å²) in [7, 11) is 0. The molecule has 0 bridgehead atoms. The zero-order valence-corrected chi connectivity index (χ0v) is 9.94. The van der Waals surface area contributed by atoms with Gasteiger partial charge in [-0.3, -0.25) is 0 Å². The van der Waals surface area contributed by atoms with Crippen LogP contribution in [0, 0.1) is 0 Å². The number of thiazole rings is 1. The van der Waals surface area contributed by atoms with Crippen LogP contribution in [0.4, 0.5) is 0 Å². The van der Waals surface area contributed by atoms with Crippen molar-refractivity contribution < 1.29 is 9.26 Å². The number of nitrogens with two attached hydrogens (primary N) is 1. The van der Waals surface area contributed by atoms with Gasteiger partial charge in [0, 0.05) is 18.5 Å². The third-order valence-corrected chi connectivity index (χ3v) is 3.48. The van der Waals surface area contributed by atoms with Crippen molar-refractivity contribution in [3.05, 3.63) is 16.2 Å². The normalized spacial score (nSPS) is 19.9. The lowest BCUT2D eigenvalue weighted by Crippen LogP contribution is -1.98. The molecule has 1 atom stereocenters. The molecule has 0 aliphatic carbocycles. The minimum atomic E-state index is -0.0277. The first-order chi connectivity index (χ1) is 8.36. The van der Waals surface area contributed by atoms with Crippen molar-refractivity contribution in [3.63, 3.8) is 0 Å². The summed E-state index contributed by atoms with van der Waals surface area (Å²) in [6.45, 7) is 1.19. The minimum Gasteiger partial charge on any atom is -0.370 e. The van der Waals surface area contributed by atoms with Crippen LogP contribution in [0.2, 0.25) is 0 Å². The smallest absolute Gasteiger partial charge is 0.277 e. The molecule has 90 valence electrons. The minimum absolute atomic E-state index is 0.0277. The quantitative estimate of drug-likeness (QED) is 0.890. The lowest BCUT2D eigenvalue weighted by Gasteiger charge is -2.00. The van der Waals surface area contributed by atoms with Crippen LogP contribution in [-0.2, 0) is 11.3 Å². The van der Waals surface area contributed by atoms with Crippen LogP contribution >= 0.6 is 11.3 Å². The summed E-state index contributed by atoms with van der Waals surface area (Å²) in [5.74, 6) is 1.05. The van der Waals surface area contributed by atoms with Crippen molar-refractivity contribution in [3.8, 4) is 11.6 Å². The SMILES string of the molecule is NCc1nc(-c2nc(C3CCCO3)no2)cs1. The monoisotopic (exact) mass is 252 g/mol. The number of rotatable bonds is 3. The molecule has 0 aromatic carbocycles. The average molecular weight is 252 g/mol. The van der Waals surface area contributed by atoms with E-state index in [9.17, 15) is 0 Å². The first-order valence-corrected chi connectivity index (χ1v) is 6.35.